The van der Waals surface area contributed by atoms with Gasteiger partial charge in [0.1, 0.15) is 5.78 Å². The van der Waals surface area contributed by atoms with E-state index in [2.05, 4.69) is 29.6 Å². The van der Waals surface area contributed by atoms with Crippen LogP contribution in [0, 0.1) is 18.3 Å². The Labute approximate surface area is 128 Å². The van der Waals surface area contributed by atoms with Crippen LogP contribution < -0.4 is 10.0 Å². The molecule has 3 aliphatic rings. The Morgan fingerprint density at radius 2 is 2.05 bits per heavy atom. The van der Waals surface area contributed by atoms with Crippen LogP contribution in [0.3, 0.4) is 0 Å². The highest BCUT2D eigenvalue weighted by Crippen LogP contribution is 2.48. The molecule has 2 fully saturated rings. The third kappa shape index (κ3) is 3.29. The molecule has 2 N–H and O–H groups in total. The largest absolute Gasteiger partial charge is 0.368 e. The Balaban J connectivity index is 0.000000706. The maximum Gasteiger partial charge on any atom is 0.144 e. The van der Waals surface area contributed by atoms with Gasteiger partial charge >= 0.3 is 0 Å². The van der Waals surface area contributed by atoms with Crippen molar-refractivity contribution in [3.63, 3.8) is 0 Å². The standard InChI is InChI=1S/C14H19N2OS.C2H6.H2/c1-8-5-11(7-15-6-8)13-12(10-3-4-10)14(9(2)17)18-16-13;1-2;/h5-7,10,12-16H,3-4H2,1-2H3;1-2H3;1H. The fourth-order valence-corrected chi connectivity index (χ4v) is 4.21. The average Bonchev–Trinajstić information content (AvgIpc) is 3.19. The van der Waals surface area contributed by atoms with E-state index in [0.717, 1.165) is 5.92 Å². The van der Waals surface area contributed by atoms with E-state index in [-0.39, 0.29) is 6.68 Å². The minimum Gasteiger partial charge on any atom is -0.368 e. The quantitative estimate of drug-likeness (QED) is 0.782. The molecule has 1 aliphatic carbocycles. The average molecular weight is 295 g/mol. The molecular formula is C16H27N2OS. The highest BCUT2D eigenvalue weighted by atomic mass is 32.2. The van der Waals surface area contributed by atoms with Crippen molar-refractivity contribution >= 4 is 17.7 Å². The highest BCUT2D eigenvalue weighted by molar-refractivity contribution is 7.99. The van der Waals surface area contributed by atoms with E-state index in [4.69, 9.17) is 0 Å². The first-order valence-corrected chi connectivity index (χ1v) is 8.44. The van der Waals surface area contributed by atoms with Gasteiger partial charge in [0.2, 0.25) is 0 Å². The van der Waals surface area contributed by atoms with E-state index < -0.39 is 0 Å². The second-order valence-electron chi connectivity index (χ2n) is 5.50. The Morgan fingerprint density at radius 3 is 2.60 bits per heavy atom. The monoisotopic (exact) mass is 295 g/mol. The summed E-state index contributed by atoms with van der Waals surface area (Å²) in [6.45, 7) is 7.82. The third-order valence-corrected chi connectivity index (χ3v) is 5.23. The minimum absolute atomic E-state index is 0. The number of ketones is 1. The summed E-state index contributed by atoms with van der Waals surface area (Å²) in [5.41, 5.74) is 2.52. The van der Waals surface area contributed by atoms with Gasteiger partial charge in [-0.05, 0) is 43.8 Å². The number of hydrogen-bond acceptors (Lipinski definition) is 4. The number of Topliss-reactive ketones (excluding diaryl/α,β-unsaturated/α-hetero) is 1. The molecule has 3 atom stereocenters. The van der Waals surface area contributed by atoms with Gasteiger partial charge < -0.3 is 5.32 Å². The van der Waals surface area contributed by atoms with Crippen LogP contribution in [-0.4, -0.2) is 17.1 Å². The van der Waals surface area contributed by atoms with E-state index in [1.165, 1.54) is 24.0 Å². The van der Waals surface area contributed by atoms with Crippen molar-refractivity contribution < 1.29 is 6.22 Å². The predicted octanol–water partition coefficient (Wildman–Crippen LogP) is 3.46. The highest BCUT2D eigenvalue weighted by Gasteiger charge is 2.48. The third-order valence-electron chi connectivity index (χ3n) is 3.94. The smallest absolute Gasteiger partial charge is 0.144 e. The summed E-state index contributed by atoms with van der Waals surface area (Å²) in [7, 11) is 0. The number of nitrogens with one attached hydrogen (secondary N) is 2. The molecule has 0 bridgehead atoms. The Kier molecular flexibility index (Phi) is 5.33. The first kappa shape index (κ1) is 15.6. The van der Waals surface area contributed by atoms with Crippen LogP contribution in [0.25, 0.3) is 0 Å². The zero-order valence-corrected chi connectivity index (χ0v) is 13.6. The Morgan fingerprint density at radius 1 is 1.35 bits per heavy atom. The second kappa shape index (κ2) is 6.81. The lowest BCUT2D eigenvalue weighted by molar-refractivity contribution is -0.117. The lowest BCUT2D eigenvalue weighted by Gasteiger charge is -2.25. The van der Waals surface area contributed by atoms with Gasteiger partial charge in [-0.3, -0.25) is 9.52 Å². The van der Waals surface area contributed by atoms with Gasteiger partial charge in [0.25, 0.3) is 0 Å². The number of hydrogen-bond donors (Lipinski definition) is 2. The Bertz CT molecular complexity index is 432. The molecule has 0 aromatic heterocycles. The summed E-state index contributed by atoms with van der Waals surface area (Å²) in [5.74, 6) is 1.50. The van der Waals surface area contributed by atoms with Crippen molar-refractivity contribution in [1.29, 1.82) is 0 Å². The lowest BCUT2D eigenvalue weighted by atomic mass is 9.83. The van der Waals surface area contributed by atoms with Gasteiger partial charge in [0.05, 0.1) is 5.25 Å². The molecule has 20 heavy (non-hydrogen) atoms. The van der Waals surface area contributed by atoms with E-state index >= 15 is 0 Å². The molecule has 0 aromatic carbocycles. The van der Waals surface area contributed by atoms with Gasteiger partial charge in [-0.1, -0.05) is 25.8 Å². The molecule has 0 aromatic rings. The van der Waals surface area contributed by atoms with E-state index in [9.17, 15) is 4.79 Å². The normalized spacial score (nSPS) is 32.5. The second-order valence-corrected chi connectivity index (χ2v) is 6.48. The summed E-state index contributed by atoms with van der Waals surface area (Å²) in [6, 6.07) is 0.313. The lowest BCUT2D eigenvalue weighted by Crippen LogP contribution is -2.35. The van der Waals surface area contributed by atoms with E-state index in [1.807, 2.05) is 20.0 Å². The number of rotatable bonds is 3. The van der Waals surface area contributed by atoms with Crippen LogP contribution in [0.5, 0.6) is 0 Å². The molecule has 0 spiro atoms. The van der Waals surface area contributed by atoms with Crippen LogP contribution in [0.1, 0.15) is 42.0 Å². The van der Waals surface area contributed by atoms with Gasteiger partial charge in [0.15, 0.2) is 0 Å². The maximum absolute atomic E-state index is 11.8. The fraction of sp³-hybridized carbons (Fsp3) is 0.625. The summed E-state index contributed by atoms with van der Waals surface area (Å²) >= 11 is 1.62. The van der Waals surface area contributed by atoms with Crippen molar-refractivity contribution in [2.24, 2.45) is 11.8 Å². The SMILES string of the molecule is CC.CC(=O)C1SNC(C2=CNC=C(C)[CH]2)C1C1CC1.[HH]. The molecular weight excluding hydrogens is 268 g/mol. The topological polar surface area (TPSA) is 41.1 Å². The number of carbonyl (C=O) groups excluding carboxylic acids is 1. The zero-order valence-electron chi connectivity index (χ0n) is 12.8. The van der Waals surface area contributed by atoms with E-state index in [1.54, 1.807) is 18.9 Å². The molecule has 3 rings (SSSR count). The van der Waals surface area contributed by atoms with Gasteiger partial charge in [-0.25, -0.2) is 0 Å². The minimum atomic E-state index is 0. The van der Waals surface area contributed by atoms with Crippen LogP contribution >= 0.6 is 11.9 Å². The van der Waals surface area contributed by atoms with Gasteiger partial charge in [-0.15, -0.1) is 0 Å². The van der Waals surface area contributed by atoms with Crippen molar-refractivity contribution in [2.45, 2.75) is 51.8 Å². The van der Waals surface area contributed by atoms with Gasteiger partial charge in [0, 0.05) is 32.2 Å². The van der Waals surface area contributed by atoms with Crippen molar-refractivity contribution in [2.75, 3.05) is 0 Å². The summed E-state index contributed by atoms with van der Waals surface area (Å²) in [5, 5.41) is 3.32. The van der Waals surface area contributed by atoms with Crippen molar-refractivity contribution in [3.8, 4) is 0 Å². The van der Waals surface area contributed by atoms with Crippen molar-refractivity contribution in [3.05, 3.63) is 30.0 Å². The van der Waals surface area contributed by atoms with Crippen LogP contribution in [-0.2, 0) is 4.79 Å². The molecule has 2 heterocycles. The molecule has 1 radical (unpaired) electrons. The first-order chi connectivity index (χ1) is 9.66. The molecule has 3 nitrogen and oxygen atoms in total. The molecule has 1 saturated heterocycles. The van der Waals surface area contributed by atoms with Crippen molar-refractivity contribution in [1.82, 2.24) is 10.0 Å². The molecule has 4 heteroatoms. The number of allylic oxidation sites excluding steroid dienone is 1. The number of dihydropyridines is 1. The van der Waals surface area contributed by atoms with Crippen LogP contribution in [0.2, 0.25) is 0 Å². The fourth-order valence-electron chi connectivity index (χ4n) is 2.92. The summed E-state index contributed by atoms with van der Waals surface area (Å²) < 4.78 is 3.48. The van der Waals surface area contributed by atoms with Crippen LogP contribution in [0.15, 0.2) is 23.5 Å². The molecule has 3 unspecified atom stereocenters. The molecule has 113 valence electrons. The zero-order chi connectivity index (χ0) is 14.7. The van der Waals surface area contributed by atoms with Crippen LogP contribution in [0.4, 0.5) is 0 Å². The predicted molar refractivity (Wildman–Crippen MR) is 87.9 cm³/mol. The number of carbonyl (C=O) groups is 1. The first-order valence-electron chi connectivity index (χ1n) is 7.56. The van der Waals surface area contributed by atoms with Gasteiger partial charge in [-0.2, -0.15) is 0 Å². The summed E-state index contributed by atoms with van der Waals surface area (Å²) in [4.78, 5) is 11.8. The Hall–Kier alpha value is -0.740. The summed E-state index contributed by atoms with van der Waals surface area (Å²) in [6.07, 6.45) is 8.83. The molecule has 2 aliphatic heterocycles. The van der Waals surface area contributed by atoms with E-state index in [0.29, 0.717) is 17.7 Å². The maximum atomic E-state index is 11.8. The molecule has 0 amide bonds. The molecule has 1 saturated carbocycles.